The Morgan fingerprint density at radius 2 is 2.12 bits per heavy atom. The number of esters is 1. The van der Waals surface area contributed by atoms with Crippen LogP contribution >= 0.6 is 0 Å². The number of hydrogen-bond donors (Lipinski definition) is 1. The zero-order chi connectivity index (χ0) is 17.2. The van der Waals surface area contributed by atoms with Gasteiger partial charge in [-0.25, -0.2) is 9.78 Å². The molecule has 1 aliphatic carbocycles. The summed E-state index contributed by atoms with van der Waals surface area (Å²) in [6.45, 7) is 1.85. The van der Waals surface area contributed by atoms with E-state index in [1.807, 2.05) is 36.0 Å². The summed E-state index contributed by atoms with van der Waals surface area (Å²) in [7, 11) is 0. The van der Waals surface area contributed by atoms with Crippen LogP contribution in [0.25, 0.3) is 11.4 Å². The topological polar surface area (TPSA) is 85.7 Å². The molecular formula is C18H19N5O2. The molecule has 7 heteroatoms. The van der Waals surface area contributed by atoms with Crippen molar-refractivity contribution in [2.24, 2.45) is 0 Å². The third-order valence-electron chi connectivity index (χ3n) is 4.52. The lowest BCUT2D eigenvalue weighted by Crippen LogP contribution is -2.25. The van der Waals surface area contributed by atoms with E-state index in [0.29, 0.717) is 11.4 Å². The second-order valence-electron chi connectivity index (χ2n) is 6.25. The summed E-state index contributed by atoms with van der Waals surface area (Å²) >= 11 is 0. The molecule has 25 heavy (non-hydrogen) atoms. The minimum Gasteiger partial charge on any atom is -0.457 e. The second-order valence-corrected chi connectivity index (χ2v) is 6.25. The standard InChI is InChI=1S/C18H19N5O2/c1-12-20-17(22-21-12)13-6-8-14(9-7-13)18(24)25-16-5-2-4-15(16)23-11-3-10-19-23/h3,6-11,15-16H,2,4-5H2,1H3,(H,20,21,22)/t15-,16-/m1/s1. The summed E-state index contributed by atoms with van der Waals surface area (Å²) in [6, 6.07) is 9.18. The van der Waals surface area contributed by atoms with Gasteiger partial charge in [0.2, 0.25) is 0 Å². The number of hydrogen-bond acceptors (Lipinski definition) is 5. The third kappa shape index (κ3) is 3.17. The van der Waals surface area contributed by atoms with Gasteiger partial charge < -0.3 is 4.74 Å². The highest BCUT2D eigenvalue weighted by atomic mass is 16.5. The van der Waals surface area contributed by atoms with Gasteiger partial charge in [-0.3, -0.25) is 9.78 Å². The van der Waals surface area contributed by atoms with Crippen molar-refractivity contribution < 1.29 is 9.53 Å². The fourth-order valence-electron chi connectivity index (χ4n) is 3.26. The first kappa shape index (κ1) is 15.6. The van der Waals surface area contributed by atoms with Gasteiger partial charge in [0.25, 0.3) is 0 Å². The van der Waals surface area contributed by atoms with E-state index in [9.17, 15) is 4.79 Å². The molecule has 0 bridgehead atoms. The van der Waals surface area contributed by atoms with Crippen LogP contribution in [0, 0.1) is 6.92 Å². The molecule has 2 atom stereocenters. The SMILES string of the molecule is Cc1nc(-c2ccc(C(=O)O[C@@H]3CCC[C@H]3n3cccn3)cc2)n[nH]1. The monoisotopic (exact) mass is 337 g/mol. The van der Waals surface area contributed by atoms with E-state index >= 15 is 0 Å². The molecule has 1 aromatic carbocycles. The number of rotatable bonds is 4. The first-order valence-electron chi connectivity index (χ1n) is 8.40. The molecule has 1 saturated carbocycles. The van der Waals surface area contributed by atoms with Crippen LogP contribution in [0.1, 0.15) is 41.5 Å². The number of aromatic nitrogens is 5. The Morgan fingerprint density at radius 3 is 2.80 bits per heavy atom. The summed E-state index contributed by atoms with van der Waals surface area (Å²) in [6.07, 6.45) is 6.41. The number of aromatic amines is 1. The van der Waals surface area contributed by atoms with Gasteiger partial charge >= 0.3 is 5.97 Å². The number of carbonyl (C=O) groups excluding carboxylic acids is 1. The zero-order valence-electron chi connectivity index (χ0n) is 13.9. The minimum atomic E-state index is -0.304. The number of aryl methyl sites for hydroxylation is 1. The average Bonchev–Trinajstić information content (AvgIpc) is 3.36. The van der Waals surface area contributed by atoms with Crippen LogP contribution in [-0.2, 0) is 4.74 Å². The fourth-order valence-corrected chi connectivity index (χ4v) is 3.26. The quantitative estimate of drug-likeness (QED) is 0.740. The van der Waals surface area contributed by atoms with E-state index in [1.165, 1.54) is 0 Å². The lowest BCUT2D eigenvalue weighted by Gasteiger charge is -2.20. The maximum absolute atomic E-state index is 12.5. The van der Waals surface area contributed by atoms with Crippen LogP contribution in [0.2, 0.25) is 0 Å². The van der Waals surface area contributed by atoms with E-state index in [1.54, 1.807) is 18.3 Å². The highest BCUT2D eigenvalue weighted by Crippen LogP contribution is 2.32. The normalized spacial score (nSPS) is 19.9. The molecule has 0 amide bonds. The molecule has 1 N–H and O–H groups in total. The van der Waals surface area contributed by atoms with Crippen molar-refractivity contribution in [3.63, 3.8) is 0 Å². The van der Waals surface area contributed by atoms with Crippen LogP contribution < -0.4 is 0 Å². The smallest absolute Gasteiger partial charge is 0.338 e. The van der Waals surface area contributed by atoms with Gasteiger partial charge in [-0.2, -0.15) is 10.2 Å². The van der Waals surface area contributed by atoms with Crippen molar-refractivity contribution in [3.05, 3.63) is 54.1 Å². The second kappa shape index (κ2) is 6.51. The summed E-state index contributed by atoms with van der Waals surface area (Å²) in [5, 5.41) is 11.2. The largest absolute Gasteiger partial charge is 0.457 e. The van der Waals surface area contributed by atoms with Crippen molar-refractivity contribution in [1.82, 2.24) is 25.0 Å². The van der Waals surface area contributed by atoms with E-state index in [2.05, 4.69) is 20.3 Å². The van der Waals surface area contributed by atoms with Crippen LogP contribution in [0.5, 0.6) is 0 Å². The molecule has 0 radical (unpaired) electrons. The van der Waals surface area contributed by atoms with Crippen LogP contribution in [0.15, 0.2) is 42.7 Å². The van der Waals surface area contributed by atoms with Crippen LogP contribution in [-0.4, -0.2) is 37.0 Å². The van der Waals surface area contributed by atoms with Gasteiger partial charge in [-0.05, 0) is 44.4 Å². The number of benzene rings is 1. The Balaban J connectivity index is 1.46. The highest BCUT2D eigenvalue weighted by molar-refractivity contribution is 5.90. The molecular weight excluding hydrogens is 318 g/mol. The van der Waals surface area contributed by atoms with Crippen LogP contribution in [0.3, 0.4) is 0 Å². The van der Waals surface area contributed by atoms with Gasteiger partial charge in [0.1, 0.15) is 11.9 Å². The van der Waals surface area contributed by atoms with Crippen molar-refractivity contribution >= 4 is 5.97 Å². The molecule has 2 aromatic heterocycles. The Labute approximate surface area is 145 Å². The van der Waals surface area contributed by atoms with Crippen molar-refractivity contribution in [1.29, 1.82) is 0 Å². The molecule has 1 aliphatic rings. The highest BCUT2D eigenvalue weighted by Gasteiger charge is 2.32. The van der Waals surface area contributed by atoms with E-state index < -0.39 is 0 Å². The molecule has 128 valence electrons. The predicted molar refractivity (Wildman–Crippen MR) is 90.9 cm³/mol. The van der Waals surface area contributed by atoms with Gasteiger partial charge in [0.05, 0.1) is 11.6 Å². The number of nitrogens with one attached hydrogen (secondary N) is 1. The summed E-state index contributed by atoms with van der Waals surface area (Å²) < 4.78 is 7.63. The van der Waals surface area contributed by atoms with Crippen molar-refractivity contribution in [2.75, 3.05) is 0 Å². The van der Waals surface area contributed by atoms with Gasteiger partial charge in [-0.1, -0.05) is 12.1 Å². The van der Waals surface area contributed by atoms with E-state index in [4.69, 9.17) is 4.74 Å². The molecule has 0 spiro atoms. The molecule has 7 nitrogen and oxygen atoms in total. The van der Waals surface area contributed by atoms with Crippen molar-refractivity contribution in [2.45, 2.75) is 38.3 Å². The third-order valence-corrected chi connectivity index (χ3v) is 4.52. The maximum atomic E-state index is 12.5. The first-order chi connectivity index (χ1) is 12.2. The summed E-state index contributed by atoms with van der Waals surface area (Å²) in [5.41, 5.74) is 1.39. The number of carbonyl (C=O) groups is 1. The Morgan fingerprint density at radius 1 is 1.28 bits per heavy atom. The first-order valence-corrected chi connectivity index (χ1v) is 8.40. The predicted octanol–water partition coefficient (Wildman–Crippen LogP) is 2.93. The fraction of sp³-hybridized carbons (Fsp3) is 0.333. The Bertz CT molecular complexity index is 854. The van der Waals surface area contributed by atoms with Gasteiger partial charge in [0.15, 0.2) is 5.82 Å². The molecule has 2 heterocycles. The van der Waals surface area contributed by atoms with Crippen LogP contribution in [0.4, 0.5) is 0 Å². The average molecular weight is 337 g/mol. The summed E-state index contributed by atoms with van der Waals surface area (Å²) in [5.74, 6) is 1.07. The number of ether oxygens (including phenoxy) is 1. The van der Waals surface area contributed by atoms with Gasteiger partial charge in [-0.15, -0.1) is 0 Å². The number of nitrogens with zero attached hydrogens (tertiary/aromatic N) is 4. The lowest BCUT2D eigenvalue weighted by atomic mass is 10.1. The van der Waals surface area contributed by atoms with Gasteiger partial charge in [0, 0.05) is 18.0 Å². The molecule has 3 aromatic rings. The molecule has 1 fully saturated rings. The molecule has 0 aliphatic heterocycles. The Kier molecular flexibility index (Phi) is 4.05. The zero-order valence-corrected chi connectivity index (χ0v) is 13.9. The maximum Gasteiger partial charge on any atom is 0.338 e. The minimum absolute atomic E-state index is 0.120. The van der Waals surface area contributed by atoms with E-state index in [0.717, 1.165) is 30.7 Å². The number of H-pyrrole nitrogens is 1. The summed E-state index contributed by atoms with van der Waals surface area (Å²) in [4.78, 5) is 16.8. The molecule has 0 unspecified atom stereocenters. The Hall–Kier alpha value is -2.96. The lowest BCUT2D eigenvalue weighted by molar-refractivity contribution is 0.0210. The van der Waals surface area contributed by atoms with E-state index in [-0.39, 0.29) is 18.1 Å². The van der Waals surface area contributed by atoms with Crippen molar-refractivity contribution in [3.8, 4) is 11.4 Å². The molecule has 4 rings (SSSR count). The molecule has 0 saturated heterocycles.